The third-order valence-corrected chi connectivity index (χ3v) is 23.8. The van der Waals surface area contributed by atoms with Crippen LogP contribution in [-0.4, -0.2) is 98.2 Å². The number of pyridine rings is 4. The molecule has 0 aliphatic carbocycles. The van der Waals surface area contributed by atoms with Gasteiger partial charge in [-0.15, -0.1) is 6.42 Å². The van der Waals surface area contributed by atoms with Gasteiger partial charge in [-0.05, 0) is 243 Å². The number of aromatic nitrogens is 12. The van der Waals surface area contributed by atoms with Gasteiger partial charge in [-0.1, -0.05) is 118 Å². The molecule has 0 unspecified atom stereocenters. The van der Waals surface area contributed by atoms with Crippen LogP contribution in [0.2, 0.25) is 71.5 Å². The van der Waals surface area contributed by atoms with Gasteiger partial charge in [-0.2, -0.15) is 4.39 Å². The molecule has 142 heavy (non-hydrogen) atoms. The minimum atomic E-state index is -1.27. The Bertz CT molecular complexity index is 6980. The van der Waals surface area contributed by atoms with E-state index in [0.717, 1.165) is 109 Å². The van der Waals surface area contributed by atoms with E-state index in [1.54, 1.807) is 149 Å². The van der Waals surface area contributed by atoms with Crippen LogP contribution in [0.5, 0.6) is 40.6 Å². The molecular weight excluding hydrogens is 2200 g/mol. The number of benzene rings is 4. The number of phenols is 1. The quantitative estimate of drug-likeness (QED) is 0.00879. The molecule has 4 aromatic carbocycles. The average Bonchev–Trinajstić information content (AvgIpc) is 0.769. The molecular formula is C100H109Cl4Cs2F5N12O17Si2. The van der Waals surface area contributed by atoms with Crippen LogP contribution < -0.4 is 202 Å². The topological polar surface area (TPSA) is 365 Å². The molecule has 12 rings (SSSR count). The Morgan fingerprint density at radius 2 is 0.732 bits per heavy atom. The number of ether oxygens (including phenoxy) is 5. The summed E-state index contributed by atoms with van der Waals surface area (Å²) in [7, 11) is 3.96. The van der Waals surface area contributed by atoms with Gasteiger partial charge in [-0.3, -0.25) is 52.2 Å². The first-order valence-electron chi connectivity index (χ1n) is 41.3. The molecule has 0 amide bonds. The number of H-pyrrole nitrogens is 2. The second-order valence-electron chi connectivity index (χ2n) is 32.1. The van der Waals surface area contributed by atoms with E-state index in [9.17, 15) is 65.4 Å². The Labute approximate surface area is 960 Å². The summed E-state index contributed by atoms with van der Waals surface area (Å²) in [6, 6.07) is 26.5. The van der Waals surface area contributed by atoms with E-state index in [-0.39, 0.29) is 229 Å². The zero-order valence-corrected chi connectivity index (χ0v) is 98.9. The average molecular weight is 2310 g/mol. The molecule has 0 saturated carbocycles. The minimum Gasteiger partial charge on any atom is -1.00 e. The molecule has 0 spiro atoms. The largest absolute Gasteiger partial charge is 1.00 e. The summed E-state index contributed by atoms with van der Waals surface area (Å²) in [5.41, 5.74) is 6.59. The molecule has 0 bridgehead atoms. The molecule has 0 saturated heterocycles. The Morgan fingerprint density at radius 3 is 0.986 bits per heavy atom. The Balaban J connectivity index is 0.00000172. The Kier molecular flexibility index (Phi) is 57.2. The maximum absolute atomic E-state index is 13.2. The van der Waals surface area contributed by atoms with Gasteiger partial charge in [0.05, 0.1) is 52.6 Å². The van der Waals surface area contributed by atoms with Crippen LogP contribution in [0.25, 0.3) is 45.0 Å². The van der Waals surface area contributed by atoms with E-state index < -0.39 is 79.2 Å². The summed E-state index contributed by atoms with van der Waals surface area (Å²) >= 11 is 23.0. The summed E-state index contributed by atoms with van der Waals surface area (Å²) < 4.78 is 99.6. The molecule has 8 aromatic heterocycles. The molecule has 3 N–H and O–H groups in total. The van der Waals surface area contributed by atoms with Gasteiger partial charge in [0.25, 0.3) is 28.7 Å². The fraction of sp³-hybridized carbons (Fsp3) is 0.290. The summed E-state index contributed by atoms with van der Waals surface area (Å²) in [6.07, 6.45) is 8.52. The van der Waals surface area contributed by atoms with Crippen LogP contribution in [0.4, 0.5) is 22.0 Å². The summed E-state index contributed by atoms with van der Waals surface area (Å²) in [4.78, 5) is 129. The molecule has 0 aliphatic rings. The predicted octanol–water partition coefficient (Wildman–Crippen LogP) is 12.2. The van der Waals surface area contributed by atoms with Crippen molar-refractivity contribution in [2.45, 2.75) is 156 Å². The summed E-state index contributed by atoms with van der Waals surface area (Å²) in [5, 5.41) is 17.9. The third-order valence-electron chi connectivity index (χ3n) is 19.3. The van der Waals surface area contributed by atoms with Crippen LogP contribution in [0, 0.1) is 144 Å². The number of hydrogen-bond donors (Lipinski definition) is 3. The normalized spacial score (nSPS) is 9.99. The molecule has 744 valence electrons. The second-order valence-corrected chi connectivity index (χ2v) is 44.9. The number of carbonyl (C=O) groups excluding carboxylic acids is 1. The molecule has 8 heterocycles. The second kappa shape index (κ2) is 62.6. The van der Waals surface area contributed by atoms with Crippen molar-refractivity contribution in [2.75, 3.05) is 13.2 Å². The van der Waals surface area contributed by atoms with E-state index in [1.807, 2.05) is 27.7 Å². The van der Waals surface area contributed by atoms with Crippen molar-refractivity contribution in [3.8, 4) is 145 Å². The number of aryl methyl sites for hydroxylation is 4. The van der Waals surface area contributed by atoms with Crippen molar-refractivity contribution in [2.24, 2.45) is 28.2 Å². The number of nitrogens with one attached hydrogen (secondary N) is 2. The number of hydrogen-bond acceptors (Lipinski definition) is 21. The van der Waals surface area contributed by atoms with Crippen molar-refractivity contribution in [3.63, 3.8) is 0 Å². The van der Waals surface area contributed by atoms with Gasteiger partial charge < -0.3 is 40.4 Å². The first kappa shape index (κ1) is 130. The number of phenolic OH excluding ortho intramolecular Hbond substituents is 1. The van der Waals surface area contributed by atoms with Crippen molar-refractivity contribution in [3.05, 3.63) is 299 Å². The van der Waals surface area contributed by atoms with Crippen LogP contribution >= 0.6 is 46.4 Å². The fourth-order valence-corrected chi connectivity index (χ4v) is 14.6. The first-order chi connectivity index (χ1) is 64.9. The van der Waals surface area contributed by atoms with E-state index in [0.29, 0.717) is 81.1 Å². The number of aromatic hydroxyl groups is 1. The molecule has 29 nitrogen and oxygen atoms in total. The number of halogens is 9. The van der Waals surface area contributed by atoms with Crippen molar-refractivity contribution in [1.29, 1.82) is 0 Å². The third kappa shape index (κ3) is 39.4. The maximum atomic E-state index is 13.2. The molecule has 0 aliphatic heterocycles. The number of carbonyl (C=O) groups is 1. The standard InChI is InChI=1S/C24H29ClFN3O4Si.C19H28N2O4Si.2C18H15ClFN3O3.C8H6.C5H2ClF2N.C5H4.CH2O3.2CH4.2Cs.H/c1-15-11-18(33-22-20(25)12-17(26)13-27-22)7-8-19(15)21-16(2)23(30)29(24(31)28(21)3)14-32-9-10-34(4,5)6;1-13-11-15(22)7-8-16(13)17-14(2)18(23)21(19(24)20(17)3)12-25-9-10-26(4,5)6;2*1-9-6-12(26-17-14(19)7-11(20)8-21-17)4-5-13(9)15-10(2)16(24)22-18(25)23(15)3;1-3-5-7-8-6-4-2;6-4-1-3(7)2-9-5(4)8;1-3-5-4-2;2-1-4-3;;;;;/h7-8,11-13H,9-10,14H2,1-6H3;7-8,11,22H,9-10,12H2,1-6H3;2*4-8H,1-3H3,(H,22,24,25);1-2H3;1-2H;1H,2H3;1,3H;2*1H4;;;/q;;;;;;;;;;2*+1;-1/p-1. The smallest absolute Gasteiger partial charge is 1.00 e. The zero-order valence-electron chi connectivity index (χ0n) is 82.3. The van der Waals surface area contributed by atoms with E-state index in [1.165, 1.54) is 18.3 Å². The van der Waals surface area contributed by atoms with Crippen molar-refractivity contribution >= 4 is 69.0 Å². The van der Waals surface area contributed by atoms with Gasteiger partial charge in [-0.25, -0.2) is 65.8 Å². The molecule has 12 aromatic rings. The number of nitrogens with zero attached hydrogens (tertiary/aromatic N) is 10. The SMILES string of the molecule is C.C.C#CC#CC.CC#CC#CC#CC.Cc1cc(O)ccc1-c1c(C)c(=O)n(COCC[Si](C)(C)C)c(=O)n1C.Cc1cc(Oc2ncc(F)cc2Cl)ccc1-c1c(C)c(=O)[nH]c(=O)n1C.Cc1cc(Oc2ncc(F)cc2Cl)ccc1-c1c(C)c(=O)[nH]c(=O)n1C.Cc1cc(Oc2ncc(F)cc2Cl)ccc1-c1c(C)c(=O)n(COCC[Si](C)(C)C)c(=O)n1C.Fc1cnc(F)c(Cl)c1.O=CO[O-].[Cs+].[Cs+].[H-]. The molecule has 0 radical (unpaired) electrons. The minimum absolute atomic E-state index is 0. The van der Waals surface area contributed by atoms with Gasteiger partial charge in [0, 0.05) is 102 Å². The van der Waals surface area contributed by atoms with Gasteiger partial charge in [0.2, 0.25) is 23.6 Å². The van der Waals surface area contributed by atoms with Crippen LogP contribution in [-0.2, 0) is 60.8 Å². The number of terminal acetylenes is 1. The van der Waals surface area contributed by atoms with Crippen LogP contribution in [0.15, 0.2) is 160 Å². The van der Waals surface area contributed by atoms with E-state index in [4.69, 9.17) is 86.6 Å². The molecule has 0 atom stereocenters. The summed E-state index contributed by atoms with van der Waals surface area (Å²) in [6.45, 7) is 33.5. The van der Waals surface area contributed by atoms with Crippen molar-refractivity contribution < 1.29 is 205 Å². The molecule has 42 heteroatoms. The van der Waals surface area contributed by atoms with Gasteiger partial charge in [0.1, 0.15) is 74.8 Å². The number of rotatable bonds is 21. The van der Waals surface area contributed by atoms with Crippen LogP contribution in [0.3, 0.4) is 0 Å². The summed E-state index contributed by atoms with van der Waals surface area (Å²) in [5.74, 6) is 21.2. The zero-order chi connectivity index (χ0) is 103. The monoisotopic (exact) mass is 2310 g/mol. The predicted molar refractivity (Wildman–Crippen MR) is 542 cm³/mol. The van der Waals surface area contributed by atoms with Crippen LogP contribution in [0.1, 0.15) is 81.6 Å². The number of aromatic amines is 2. The molecule has 0 fully saturated rings. The van der Waals surface area contributed by atoms with Gasteiger partial charge >= 0.3 is 161 Å². The van der Waals surface area contributed by atoms with E-state index >= 15 is 0 Å². The Morgan fingerprint density at radius 1 is 0.444 bits per heavy atom. The van der Waals surface area contributed by atoms with Crippen molar-refractivity contribution in [1.82, 2.24) is 57.3 Å². The maximum Gasteiger partial charge on any atom is 1.00 e. The van der Waals surface area contributed by atoms with Gasteiger partial charge in [0.15, 0.2) is 0 Å². The Hall–Kier alpha value is -10.1. The first-order valence-corrected chi connectivity index (χ1v) is 50.2. The van der Waals surface area contributed by atoms with E-state index in [2.05, 4.69) is 127 Å². The fourth-order valence-electron chi connectivity index (χ4n) is 12.4.